The van der Waals surface area contributed by atoms with Gasteiger partial charge >= 0.3 is 0 Å². The molecule has 0 aliphatic carbocycles. The number of rotatable bonds is 2. The number of ether oxygens (including phenoxy) is 1. The van der Waals surface area contributed by atoms with Crippen molar-refractivity contribution in [2.24, 2.45) is 0 Å². The van der Waals surface area contributed by atoms with Crippen molar-refractivity contribution in [2.75, 3.05) is 13.1 Å². The minimum Gasteiger partial charge on any atom is -0.363 e. The summed E-state index contributed by atoms with van der Waals surface area (Å²) in [5, 5.41) is 6.22. The third-order valence-electron chi connectivity index (χ3n) is 5.37. The number of imidazole rings is 1. The van der Waals surface area contributed by atoms with Gasteiger partial charge in [0.1, 0.15) is 18.0 Å². The molecule has 134 valence electrons. The number of carbonyl (C=O) groups excluding carboxylic acids is 1. The lowest BCUT2D eigenvalue weighted by atomic mass is 10.0. The maximum Gasteiger partial charge on any atom is 0.264 e. The fourth-order valence-electron chi connectivity index (χ4n) is 3.90. The van der Waals surface area contributed by atoms with Crippen LogP contribution in [-0.4, -0.2) is 39.0 Å². The van der Waals surface area contributed by atoms with Crippen molar-refractivity contribution in [1.82, 2.24) is 14.5 Å². The lowest BCUT2D eigenvalue weighted by Crippen LogP contribution is -2.45. The fraction of sp³-hybridized carbons (Fsp3) is 0.368. The van der Waals surface area contributed by atoms with Crippen LogP contribution in [0.1, 0.15) is 27.5 Å². The fourth-order valence-corrected chi connectivity index (χ4v) is 5.44. The Morgan fingerprint density at radius 3 is 3.00 bits per heavy atom. The van der Waals surface area contributed by atoms with E-state index in [-0.39, 0.29) is 11.5 Å². The highest BCUT2D eigenvalue weighted by Gasteiger charge is 2.45. The summed E-state index contributed by atoms with van der Waals surface area (Å²) in [6, 6.07) is 4.13. The first-order valence-corrected chi connectivity index (χ1v) is 10.5. The van der Waals surface area contributed by atoms with E-state index in [1.165, 1.54) is 16.9 Å². The number of fused-ring (bicyclic) bond motifs is 1. The van der Waals surface area contributed by atoms with Gasteiger partial charge in [0.15, 0.2) is 0 Å². The van der Waals surface area contributed by atoms with Crippen LogP contribution in [0.5, 0.6) is 0 Å². The molecule has 0 N–H and O–H groups in total. The van der Waals surface area contributed by atoms with E-state index in [1.54, 1.807) is 11.3 Å². The third kappa shape index (κ3) is 2.53. The molecule has 5 nitrogen and oxygen atoms in total. The Morgan fingerprint density at radius 1 is 1.31 bits per heavy atom. The van der Waals surface area contributed by atoms with Crippen molar-refractivity contribution in [2.45, 2.75) is 32.1 Å². The van der Waals surface area contributed by atoms with Crippen LogP contribution in [0.4, 0.5) is 0 Å². The maximum atomic E-state index is 12.9. The van der Waals surface area contributed by atoms with Crippen LogP contribution >= 0.6 is 22.7 Å². The predicted molar refractivity (Wildman–Crippen MR) is 103 cm³/mol. The summed E-state index contributed by atoms with van der Waals surface area (Å²) in [6.07, 6.45) is 2.80. The van der Waals surface area contributed by atoms with Crippen LogP contribution in [0.15, 0.2) is 34.5 Å². The van der Waals surface area contributed by atoms with Crippen molar-refractivity contribution >= 4 is 28.6 Å². The van der Waals surface area contributed by atoms with E-state index in [4.69, 9.17) is 4.74 Å². The van der Waals surface area contributed by atoms with Gasteiger partial charge in [0.25, 0.3) is 5.91 Å². The predicted octanol–water partition coefficient (Wildman–Crippen LogP) is 3.80. The lowest BCUT2D eigenvalue weighted by Gasteiger charge is -2.35. The Balaban J connectivity index is 1.40. The summed E-state index contributed by atoms with van der Waals surface area (Å²) < 4.78 is 8.51. The molecule has 1 spiro atoms. The van der Waals surface area contributed by atoms with Crippen molar-refractivity contribution in [3.05, 3.63) is 50.7 Å². The molecule has 0 aromatic carbocycles. The molecular weight excluding hydrogens is 366 g/mol. The number of thiophene rings is 2. The van der Waals surface area contributed by atoms with Gasteiger partial charge < -0.3 is 14.2 Å². The second-order valence-electron chi connectivity index (χ2n) is 7.04. The van der Waals surface area contributed by atoms with Gasteiger partial charge in [-0.1, -0.05) is 0 Å². The van der Waals surface area contributed by atoms with E-state index in [2.05, 4.69) is 26.4 Å². The van der Waals surface area contributed by atoms with E-state index < -0.39 is 0 Å². The first-order chi connectivity index (χ1) is 12.7. The van der Waals surface area contributed by atoms with Crippen LogP contribution in [0, 0.1) is 6.92 Å². The van der Waals surface area contributed by atoms with E-state index in [0.29, 0.717) is 13.2 Å². The molecule has 3 aromatic rings. The molecule has 1 amide bonds. The van der Waals surface area contributed by atoms with Gasteiger partial charge in [0.2, 0.25) is 0 Å². The number of nitrogens with zero attached hydrogens (tertiary/aromatic N) is 3. The first kappa shape index (κ1) is 16.2. The third-order valence-corrected chi connectivity index (χ3v) is 7.06. The van der Waals surface area contributed by atoms with Crippen molar-refractivity contribution < 1.29 is 9.53 Å². The normalized spacial score (nSPS) is 22.1. The molecule has 5 heterocycles. The van der Waals surface area contributed by atoms with Crippen molar-refractivity contribution in [3.8, 4) is 11.3 Å². The molecule has 5 rings (SSSR count). The second-order valence-corrected chi connectivity index (χ2v) is 8.74. The van der Waals surface area contributed by atoms with Gasteiger partial charge in [0, 0.05) is 17.5 Å². The Bertz CT molecular complexity index is 960. The Kier molecular flexibility index (Phi) is 3.77. The van der Waals surface area contributed by atoms with Crippen LogP contribution in [0.2, 0.25) is 0 Å². The first-order valence-electron chi connectivity index (χ1n) is 8.70. The maximum absolute atomic E-state index is 12.9. The number of aromatic nitrogens is 2. The molecule has 2 aliphatic heterocycles. The van der Waals surface area contributed by atoms with Gasteiger partial charge in [-0.3, -0.25) is 4.79 Å². The highest BCUT2D eigenvalue weighted by molar-refractivity contribution is 7.12. The minimum absolute atomic E-state index is 0.132. The SMILES string of the molecule is Cc1ccsc1C(=O)N1CCC2(C1)Cn1c(-c3ccsc3)cnc1CO2. The highest BCUT2D eigenvalue weighted by atomic mass is 32.1. The van der Waals surface area contributed by atoms with Crippen LogP contribution in [-0.2, 0) is 17.9 Å². The zero-order valence-corrected chi connectivity index (χ0v) is 16.1. The topological polar surface area (TPSA) is 47.4 Å². The quantitative estimate of drug-likeness (QED) is 0.674. The van der Waals surface area contributed by atoms with Gasteiger partial charge in [-0.2, -0.15) is 11.3 Å². The molecule has 26 heavy (non-hydrogen) atoms. The standard InChI is InChI=1S/C19H19N3O2S2/c1-13-2-7-26-17(13)18(23)21-5-4-19(11-21)12-22-15(14-3-6-25-10-14)8-20-16(22)9-24-19/h2-3,6-8,10H,4-5,9,11-12H2,1H3. The smallest absolute Gasteiger partial charge is 0.264 e. The monoisotopic (exact) mass is 385 g/mol. The molecule has 7 heteroatoms. The summed E-state index contributed by atoms with van der Waals surface area (Å²) in [5.41, 5.74) is 3.09. The van der Waals surface area contributed by atoms with Gasteiger partial charge in [-0.25, -0.2) is 4.98 Å². The summed E-state index contributed by atoms with van der Waals surface area (Å²) in [5.74, 6) is 1.10. The average molecular weight is 386 g/mol. The number of hydrogen-bond acceptors (Lipinski definition) is 5. The number of amides is 1. The van der Waals surface area contributed by atoms with Crippen molar-refractivity contribution in [3.63, 3.8) is 0 Å². The molecule has 1 fully saturated rings. The van der Waals surface area contributed by atoms with E-state index in [1.807, 2.05) is 29.5 Å². The Labute approximate surface area is 159 Å². The molecule has 1 saturated heterocycles. The molecule has 2 aliphatic rings. The minimum atomic E-state index is -0.306. The van der Waals surface area contributed by atoms with Crippen LogP contribution in [0.3, 0.4) is 0 Å². The van der Waals surface area contributed by atoms with Gasteiger partial charge in [-0.05, 0) is 41.8 Å². The molecule has 3 aromatic heterocycles. The molecule has 1 unspecified atom stereocenters. The Morgan fingerprint density at radius 2 is 2.23 bits per heavy atom. The molecule has 1 atom stereocenters. The summed E-state index contributed by atoms with van der Waals surface area (Å²) >= 11 is 3.22. The summed E-state index contributed by atoms with van der Waals surface area (Å²) in [6.45, 7) is 4.64. The second kappa shape index (κ2) is 6.04. The zero-order chi connectivity index (χ0) is 17.7. The van der Waals surface area contributed by atoms with Crippen LogP contribution in [0.25, 0.3) is 11.3 Å². The number of hydrogen-bond donors (Lipinski definition) is 0. The molecular formula is C19H19N3O2S2. The van der Waals surface area contributed by atoms with Gasteiger partial charge in [0.05, 0.1) is 29.9 Å². The Hall–Kier alpha value is -1.96. The number of likely N-dealkylation sites (tertiary alicyclic amines) is 1. The van der Waals surface area contributed by atoms with Gasteiger partial charge in [-0.15, -0.1) is 11.3 Å². The van der Waals surface area contributed by atoms with Crippen LogP contribution < -0.4 is 0 Å². The van der Waals surface area contributed by atoms with E-state index in [0.717, 1.165) is 41.5 Å². The summed E-state index contributed by atoms with van der Waals surface area (Å²) in [7, 11) is 0. The molecule has 0 bridgehead atoms. The highest BCUT2D eigenvalue weighted by Crippen LogP contribution is 2.36. The lowest BCUT2D eigenvalue weighted by molar-refractivity contribution is -0.0804. The number of aryl methyl sites for hydroxylation is 1. The summed E-state index contributed by atoms with van der Waals surface area (Å²) in [4.78, 5) is 20.2. The largest absolute Gasteiger partial charge is 0.363 e. The average Bonchev–Trinajstić information content (AvgIpc) is 3.41. The zero-order valence-electron chi connectivity index (χ0n) is 14.5. The van der Waals surface area contributed by atoms with Crippen molar-refractivity contribution in [1.29, 1.82) is 0 Å². The van der Waals surface area contributed by atoms with E-state index in [9.17, 15) is 4.79 Å². The molecule has 0 saturated carbocycles. The van der Waals surface area contributed by atoms with E-state index >= 15 is 0 Å². The number of carbonyl (C=O) groups is 1. The molecule has 0 radical (unpaired) electrons.